The zero-order chi connectivity index (χ0) is 10.6. The van der Waals surface area contributed by atoms with Gasteiger partial charge in [0.05, 0.1) is 7.11 Å². The first kappa shape index (κ1) is 12.9. The summed E-state index contributed by atoms with van der Waals surface area (Å²) in [6, 6.07) is 0. The maximum absolute atomic E-state index is 10.7. The molecule has 14 heavy (non-hydrogen) atoms. The molecule has 0 aromatic carbocycles. The number of allylic oxidation sites excluding steroid dienone is 4. The molecule has 0 unspecified atom stereocenters. The summed E-state index contributed by atoms with van der Waals surface area (Å²) in [5, 5.41) is 0. The first-order valence-corrected chi connectivity index (χ1v) is 5.14. The van der Waals surface area contributed by atoms with Crippen molar-refractivity contribution in [2.75, 3.05) is 7.11 Å². The molecule has 2 nitrogen and oxygen atoms in total. The minimum Gasteiger partial charge on any atom is -0.469 e. The normalized spacial score (nSPS) is 11.3. The van der Waals surface area contributed by atoms with Crippen molar-refractivity contribution in [2.24, 2.45) is 0 Å². The number of esters is 1. The van der Waals surface area contributed by atoms with E-state index in [0.717, 1.165) is 19.3 Å². The molecule has 0 saturated heterocycles. The zero-order valence-electron chi connectivity index (χ0n) is 9.16. The fourth-order valence-corrected chi connectivity index (χ4v) is 1.06. The molecule has 0 aromatic rings. The second-order valence-corrected chi connectivity index (χ2v) is 3.09. The van der Waals surface area contributed by atoms with Crippen LogP contribution in [0.25, 0.3) is 0 Å². The van der Waals surface area contributed by atoms with Crippen LogP contribution in [-0.2, 0) is 9.53 Å². The second-order valence-electron chi connectivity index (χ2n) is 3.09. The summed E-state index contributed by atoms with van der Waals surface area (Å²) in [4.78, 5) is 10.7. The predicted molar refractivity (Wildman–Crippen MR) is 59.1 cm³/mol. The number of methoxy groups -OCH3 is 1. The predicted octanol–water partition coefficient (Wildman–Crippen LogP) is 3.24. The molecule has 0 saturated carbocycles. The summed E-state index contributed by atoms with van der Waals surface area (Å²) in [5.74, 6) is -0.136. The lowest BCUT2D eigenvalue weighted by molar-refractivity contribution is -0.140. The van der Waals surface area contributed by atoms with Crippen molar-refractivity contribution < 1.29 is 9.53 Å². The minimum absolute atomic E-state index is 0.136. The van der Waals surface area contributed by atoms with E-state index in [1.165, 1.54) is 13.5 Å². The van der Waals surface area contributed by atoms with Gasteiger partial charge in [-0.3, -0.25) is 4.79 Å². The molecule has 0 aliphatic rings. The van der Waals surface area contributed by atoms with E-state index in [1.807, 2.05) is 13.0 Å². The van der Waals surface area contributed by atoms with Gasteiger partial charge in [-0.15, -0.1) is 0 Å². The van der Waals surface area contributed by atoms with Gasteiger partial charge in [0.15, 0.2) is 0 Å². The van der Waals surface area contributed by atoms with Crippen LogP contribution in [0.15, 0.2) is 24.3 Å². The lowest BCUT2D eigenvalue weighted by atomic mass is 10.2. The number of ether oxygens (including phenoxy) is 1. The highest BCUT2D eigenvalue weighted by molar-refractivity contribution is 5.69. The van der Waals surface area contributed by atoms with Gasteiger partial charge in [-0.05, 0) is 32.6 Å². The van der Waals surface area contributed by atoms with Gasteiger partial charge in [0.25, 0.3) is 0 Å². The zero-order valence-corrected chi connectivity index (χ0v) is 9.16. The standard InChI is InChI=1S/C12H20O2/c1-3-4-5-6-7-8-9-10-11-12(13)14-2/h3-4,8-9H,5-7,10-11H2,1-2H3/b4-3+,9-8+. The summed E-state index contributed by atoms with van der Waals surface area (Å²) in [7, 11) is 1.42. The molecule has 0 aliphatic heterocycles. The van der Waals surface area contributed by atoms with E-state index in [9.17, 15) is 4.79 Å². The monoisotopic (exact) mass is 196 g/mol. The highest BCUT2D eigenvalue weighted by Crippen LogP contribution is 2.00. The Morgan fingerprint density at radius 1 is 1.14 bits per heavy atom. The highest BCUT2D eigenvalue weighted by atomic mass is 16.5. The molecular weight excluding hydrogens is 176 g/mol. The van der Waals surface area contributed by atoms with E-state index in [0.29, 0.717) is 6.42 Å². The third kappa shape index (κ3) is 9.04. The Morgan fingerprint density at radius 3 is 2.43 bits per heavy atom. The van der Waals surface area contributed by atoms with Gasteiger partial charge in [-0.25, -0.2) is 0 Å². The fraction of sp³-hybridized carbons (Fsp3) is 0.583. The van der Waals surface area contributed by atoms with E-state index in [4.69, 9.17) is 0 Å². The van der Waals surface area contributed by atoms with Crippen molar-refractivity contribution in [1.82, 2.24) is 0 Å². The van der Waals surface area contributed by atoms with E-state index in [2.05, 4.69) is 23.0 Å². The third-order valence-electron chi connectivity index (χ3n) is 1.89. The molecule has 0 amide bonds. The Hall–Kier alpha value is -1.05. The fourth-order valence-electron chi connectivity index (χ4n) is 1.06. The maximum atomic E-state index is 10.7. The smallest absolute Gasteiger partial charge is 0.305 e. The van der Waals surface area contributed by atoms with Gasteiger partial charge in [-0.2, -0.15) is 0 Å². The SMILES string of the molecule is C/C=C/CCC/C=C/CCC(=O)OC. The average Bonchev–Trinajstić information content (AvgIpc) is 2.21. The van der Waals surface area contributed by atoms with Gasteiger partial charge in [0, 0.05) is 6.42 Å². The Labute approximate surface area is 86.6 Å². The minimum atomic E-state index is -0.136. The second kappa shape index (κ2) is 10.0. The lowest BCUT2D eigenvalue weighted by Crippen LogP contribution is -1.97. The van der Waals surface area contributed by atoms with E-state index in [-0.39, 0.29) is 5.97 Å². The molecule has 0 fully saturated rings. The number of hydrogen-bond donors (Lipinski definition) is 0. The van der Waals surface area contributed by atoms with Crippen LogP contribution < -0.4 is 0 Å². The topological polar surface area (TPSA) is 26.3 Å². The summed E-state index contributed by atoms with van der Waals surface area (Å²) in [6.45, 7) is 2.03. The average molecular weight is 196 g/mol. The van der Waals surface area contributed by atoms with Gasteiger partial charge in [0.1, 0.15) is 0 Å². The van der Waals surface area contributed by atoms with Crippen molar-refractivity contribution in [3.8, 4) is 0 Å². The van der Waals surface area contributed by atoms with E-state index < -0.39 is 0 Å². The Morgan fingerprint density at radius 2 is 1.79 bits per heavy atom. The first-order chi connectivity index (χ1) is 6.81. The summed E-state index contributed by atoms with van der Waals surface area (Å²) >= 11 is 0. The van der Waals surface area contributed by atoms with Crippen LogP contribution in [0.4, 0.5) is 0 Å². The first-order valence-electron chi connectivity index (χ1n) is 5.14. The Balaban J connectivity index is 3.23. The van der Waals surface area contributed by atoms with Crippen LogP contribution in [0.5, 0.6) is 0 Å². The molecule has 0 aliphatic carbocycles. The molecule has 0 radical (unpaired) electrons. The van der Waals surface area contributed by atoms with Gasteiger partial charge in [-0.1, -0.05) is 24.3 Å². The van der Waals surface area contributed by atoms with Crippen molar-refractivity contribution in [3.05, 3.63) is 24.3 Å². The quantitative estimate of drug-likeness (QED) is 0.355. The van der Waals surface area contributed by atoms with E-state index in [1.54, 1.807) is 0 Å². The van der Waals surface area contributed by atoms with Crippen LogP contribution in [0.1, 0.15) is 39.0 Å². The Bertz CT molecular complexity index is 192. The molecule has 0 atom stereocenters. The van der Waals surface area contributed by atoms with Crippen LogP contribution >= 0.6 is 0 Å². The molecule has 0 spiro atoms. The molecular formula is C12H20O2. The van der Waals surface area contributed by atoms with Crippen LogP contribution in [-0.4, -0.2) is 13.1 Å². The third-order valence-corrected chi connectivity index (χ3v) is 1.89. The van der Waals surface area contributed by atoms with Crippen LogP contribution in [0.3, 0.4) is 0 Å². The molecule has 80 valence electrons. The molecule has 0 aromatic heterocycles. The summed E-state index contributed by atoms with van der Waals surface area (Å²) in [5.41, 5.74) is 0. The summed E-state index contributed by atoms with van der Waals surface area (Å²) in [6.07, 6.45) is 13.1. The molecule has 0 N–H and O–H groups in total. The van der Waals surface area contributed by atoms with Gasteiger partial charge < -0.3 is 4.74 Å². The largest absolute Gasteiger partial charge is 0.469 e. The van der Waals surface area contributed by atoms with Gasteiger partial charge in [0.2, 0.25) is 0 Å². The molecule has 2 heteroatoms. The van der Waals surface area contributed by atoms with Crippen LogP contribution in [0.2, 0.25) is 0 Å². The number of rotatable bonds is 7. The van der Waals surface area contributed by atoms with E-state index >= 15 is 0 Å². The summed E-state index contributed by atoms with van der Waals surface area (Å²) < 4.78 is 4.53. The van der Waals surface area contributed by atoms with Crippen LogP contribution in [0, 0.1) is 0 Å². The van der Waals surface area contributed by atoms with Crippen molar-refractivity contribution in [3.63, 3.8) is 0 Å². The molecule has 0 bridgehead atoms. The van der Waals surface area contributed by atoms with Gasteiger partial charge >= 0.3 is 5.97 Å². The van der Waals surface area contributed by atoms with Crippen molar-refractivity contribution in [1.29, 1.82) is 0 Å². The highest BCUT2D eigenvalue weighted by Gasteiger charge is 1.95. The molecule has 0 heterocycles. The maximum Gasteiger partial charge on any atom is 0.305 e. The number of carbonyl (C=O) groups is 1. The van der Waals surface area contributed by atoms with Crippen molar-refractivity contribution in [2.45, 2.75) is 39.0 Å². The number of unbranched alkanes of at least 4 members (excludes halogenated alkanes) is 2. The van der Waals surface area contributed by atoms with Crippen molar-refractivity contribution >= 4 is 5.97 Å². The number of hydrogen-bond acceptors (Lipinski definition) is 2. The Kier molecular flexibility index (Phi) is 9.28. The lowest BCUT2D eigenvalue weighted by Gasteiger charge is -1.94. The molecule has 0 rings (SSSR count). The number of carbonyl (C=O) groups excluding carboxylic acids is 1.